The maximum absolute atomic E-state index is 12.1. The summed E-state index contributed by atoms with van der Waals surface area (Å²) in [5, 5.41) is 13.2. The van der Waals surface area contributed by atoms with Crippen LogP contribution >= 0.6 is 0 Å². The Morgan fingerprint density at radius 3 is 2.73 bits per heavy atom. The number of nitrogens with zero attached hydrogens (tertiary/aromatic N) is 1. The van der Waals surface area contributed by atoms with Crippen LogP contribution in [-0.4, -0.2) is 23.3 Å². The highest BCUT2D eigenvalue weighted by molar-refractivity contribution is 5.97. The minimum atomic E-state index is -0.354. The van der Waals surface area contributed by atoms with Crippen molar-refractivity contribution in [2.24, 2.45) is 5.10 Å². The number of benzene rings is 2. The lowest BCUT2D eigenvalue weighted by Gasteiger charge is -2.12. The van der Waals surface area contributed by atoms with E-state index in [9.17, 15) is 9.90 Å². The Morgan fingerprint density at radius 1 is 1.23 bits per heavy atom. The molecule has 1 amide bonds. The summed E-state index contributed by atoms with van der Waals surface area (Å²) in [6, 6.07) is 13.6. The first-order valence-electron chi connectivity index (χ1n) is 6.94. The number of nitrogens with one attached hydrogen (secondary N) is 1. The summed E-state index contributed by atoms with van der Waals surface area (Å²) in [5.74, 6) is 0.307. The highest BCUT2D eigenvalue weighted by Gasteiger charge is 2.12. The molecule has 0 saturated heterocycles. The fourth-order valence-electron chi connectivity index (χ4n) is 1.84. The average Bonchev–Trinajstić information content (AvgIpc) is 2.47. The molecular weight excluding hydrogens is 280 g/mol. The topological polar surface area (TPSA) is 70.9 Å². The lowest BCUT2D eigenvalue weighted by molar-refractivity contribution is 0.0949. The summed E-state index contributed by atoms with van der Waals surface area (Å²) in [6.45, 7) is 3.80. The molecule has 0 aromatic heterocycles. The van der Waals surface area contributed by atoms with Gasteiger partial charge in [0.2, 0.25) is 0 Å². The Bertz CT molecular complexity index is 681. The molecular formula is C17H18N2O3. The molecule has 5 heteroatoms. The third-order valence-electron chi connectivity index (χ3n) is 2.74. The van der Waals surface area contributed by atoms with E-state index in [1.165, 1.54) is 6.21 Å². The molecule has 0 bridgehead atoms. The number of para-hydroxylation sites is 1. The van der Waals surface area contributed by atoms with E-state index in [0.29, 0.717) is 16.9 Å². The van der Waals surface area contributed by atoms with Crippen LogP contribution in [0.5, 0.6) is 11.5 Å². The van der Waals surface area contributed by atoms with Gasteiger partial charge in [0.15, 0.2) is 0 Å². The van der Waals surface area contributed by atoms with Gasteiger partial charge in [-0.3, -0.25) is 4.79 Å². The highest BCUT2D eigenvalue weighted by Crippen LogP contribution is 2.19. The molecule has 5 nitrogen and oxygen atoms in total. The van der Waals surface area contributed by atoms with Gasteiger partial charge in [-0.1, -0.05) is 24.3 Å². The van der Waals surface area contributed by atoms with Crippen molar-refractivity contribution >= 4 is 12.1 Å². The number of amides is 1. The van der Waals surface area contributed by atoms with Crippen molar-refractivity contribution in [1.29, 1.82) is 0 Å². The zero-order valence-corrected chi connectivity index (χ0v) is 12.5. The SMILES string of the molecule is CC(C)Oc1ccccc1C(=O)N/N=C/c1cccc(O)c1. The van der Waals surface area contributed by atoms with Crippen molar-refractivity contribution in [1.82, 2.24) is 5.43 Å². The lowest BCUT2D eigenvalue weighted by Crippen LogP contribution is -2.19. The van der Waals surface area contributed by atoms with Crippen molar-refractivity contribution in [2.45, 2.75) is 20.0 Å². The largest absolute Gasteiger partial charge is 0.508 e. The molecule has 2 aromatic rings. The molecule has 0 spiro atoms. The first-order chi connectivity index (χ1) is 10.6. The van der Waals surface area contributed by atoms with Crippen molar-refractivity contribution in [3.8, 4) is 11.5 Å². The van der Waals surface area contributed by atoms with Crippen LogP contribution in [-0.2, 0) is 0 Å². The second-order valence-electron chi connectivity index (χ2n) is 4.96. The van der Waals surface area contributed by atoms with Crippen molar-refractivity contribution in [3.05, 3.63) is 59.7 Å². The maximum Gasteiger partial charge on any atom is 0.275 e. The number of phenols is 1. The Balaban J connectivity index is 2.06. The van der Waals surface area contributed by atoms with E-state index in [1.54, 1.807) is 42.5 Å². The zero-order valence-electron chi connectivity index (χ0n) is 12.5. The minimum absolute atomic E-state index is 0.0234. The van der Waals surface area contributed by atoms with Crippen molar-refractivity contribution in [2.75, 3.05) is 0 Å². The van der Waals surface area contributed by atoms with Crippen LogP contribution in [0.1, 0.15) is 29.8 Å². The van der Waals surface area contributed by atoms with Gasteiger partial charge in [-0.15, -0.1) is 0 Å². The molecule has 22 heavy (non-hydrogen) atoms. The molecule has 0 heterocycles. The summed E-state index contributed by atoms with van der Waals surface area (Å²) < 4.78 is 5.60. The number of carbonyl (C=O) groups is 1. The molecule has 2 rings (SSSR count). The van der Waals surface area contributed by atoms with E-state index >= 15 is 0 Å². The van der Waals surface area contributed by atoms with Crippen LogP contribution in [0, 0.1) is 0 Å². The van der Waals surface area contributed by atoms with Gasteiger partial charge in [0, 0.05) is 0 Å². The van der Waals surface area contributed by atoms with E-state index in [2.05, 4.69) is 10.5 Å². The molecule has 2 N–H and O–H groups in total. The predicted octanol–water partition coefficient (Wildman–Crippen LogP) is 2.94. The average molecular weight is 298 g/mol. The van der Waals surface area contributed by atoms with E-state index in [-0.39, 0.29) is 17.8 Å². The van der Waals surface area contributed by atoms with E-state index in [4.69, 9.17) is 4.74 Å². The van der Waals surface area contributed by atoms with E-state index in [1.807, 2.05) is 19.9 Å². The smallest absolute Gasteiger partial charge is 0.275 e. The zero-order chi connectivity index (χ0) is 15.9. The molecule has 0 saturated carbocycles. The maximum atomic E-state index is 12.1. The number of aromatic hydroxyl groups is 1. The van der Waals surface area contributed by atoms with Crippen LogP contribution < -0.4 is 10.2 Å². The molecule has 0 aliphatic carbocycles. The van der Waals surface area contributed by atoms with Gasteiger partial charge in [-0.25, -0.2) is 5.43 Å². The monoisotopic (exact) mass is 298 g/mol. The molecule has 0 unspecified atom stereocenters. The van der Waals surface area contributed by atoms with Crippen molar-refractivity contribution in [3.63, 3.8) is 0 Å². The minimum Gasteiger partial charge on any atom is -0.508 e. The number of hydrogen-bond acceptors (Lipinski definition) is 4. The predicted molar refractivity (Wildman–Crippen MR) is 85.4 cm³/mol. The number of phenolic OH excluding ortho intramolecular Hbond substituents is 1. The summed E-state index contributed by atoms with van der Waals surface area (Å²) in [7, 11) is 0. The summed E-state index contributed by atoms with van der Waals surface area (Å²) >= 11 is 0. The van der Waals surface area contributed by atoms with Gasteiger partial charge in [0.05, 0.1) is 17.9 Å². The summed E-state index contributed by atoms with van der Waals surface area (Å²) in [6.07, 6.45) is 1.44. The normalized spacial score (nSPS) is 10.9. The fourth-order valence-corrected chi connectivity index (χ4v) is 1.84. The lowest BCUT2D eigenvalue weighted by atomic mass is 10.2. The third-order valence-corrected chi connectivity index (χ3v) is 2.74. The Labute approximate surface area is 129 Å². The molecule has 0 atom stereocenters. The van der Waals surface area contributed by atoms with Gasteiger partial charge in [0.1, 0.15) is 11.5 Å². The molecule has 2 aromatic carbocycles. The molecule has 0 aliphatic heterocycles. The van der Waals surface area contributed by atoms with Gasteiger partial charge in [-0.05, 0) is 43.7 Å². The Morgan fingerprint density at radius 2 is 2.00 bits per heavy atom. The van der Waals surface area contributed by atoms with Gasteiger partial charge in [0.25, 0.3) is 5.91 Å². The first kappa shape index (κ1) is 15.6. The Kier molecular flexibility index (Phi) is 5.14. The van der Waals surface area contributed by atoms with Crippen LogP contribution in [0.4, 0.5) is 0 Å². The van der Waals surface area contributed by atoms with E-state index in [0.717, 1.165) is 0 Å². The van der Waals surface area contributed by atoms with Crippen molar-refractivity contribution < 1.29 is 14.6 Å². The second kappa shape index (κ2) is 7.26. The standard InChI is InChI=1S/C17H18N2O3/c1-12(2)22-16-9-4-3-8-15(16)17(21)19-18-11-13-6-5-7-14(20)10-13/h3-12,20H,1-2H3,(H,19,21)/b18-11+. The summed E-state index contributed by atoms with van der Waals surface area (Å²) in [5.41, 5.74) is 3.56. The second-order valence-corrected chi connectivity index (χ2v) is 4.96. The number of carbonyl (C=O) groups excluding carboxylic acids is 1. The van der Waals surface area contributed by atoms with Gasteiger partial charge < -0.3 is 9.84 Å². The van der Waals surface area contributed by atoms with Crippen LogP contribution in [0.2, 0.25) is 0 Å². The summed E-state index contributed by atoms with van der Waals surface area (Å²) in [4.78, 5) is 12.1. The van der Waals surface area contributed by atoms with Crippen LogP contribution in [0.25, 0.3) is 0 Å². The molecule has 114 valence electrons. The third kappa shape index (κ3) is 4.34. The number of hydrogen-bond donors (Lipinski definition) is 2. The molecule has 0 radical (unpaired) electrons. The molecule has 0 fully saturated rings. The quantitative estimate of drug-likeness (QED) is 0.658. The number of hydrazone groups is 1. The highest BCUT2D eigenvalue weighted by atomic mass is 16.5. The van der Waals surface area contributed by atoms with Crippen LogP contribution in [0.15, 0.2) is 53.6 Å². The number of rotatable bonds is 5. The fraction of sp³-hybridized carbons (Fsp3) is 0.176. The van der Waals surface area contributed by atoms with Crippen LogP contribution in [0.3, 0.4) is 0 Å². The van der Waals surface area contributed by atoms with E-state index < -0.39 is 0 Å². The van der Waals surface area contributed by atoms with Gasteiger partial charge in [-0.2, -0.15) is 5.10 Å². The Hall–Kier alpha value is -2.82. The van der Waals surface area contributed by atoms with Gasteiger partial charge >= 0.3 is 0 Å². The number of ether oxygens (including phenoxy) is 1. The molecule has 0 aliphatic rings. The first-order valence-corrected chi connectivity index (χ1v) is 6.94.